The molecule has 0 amide bonds. The second-order valence-electron chi connectivity index (χ2n) is 11.3. The second kappa shape index (κ2) is 13.5. The van der Waals surface area contributed by atoms with E-state index in [9.17, 15) is 23.1 Å². The van der Waals surface area contributed by atoms with Gasteiger partial charge in [-0.3, -0.25) is 4.79 Å². The number of rotatable bonds is 11. The van der Waals surface area contributed by atoms with Gasteiger partial charge in [0.25, 0.3) is 0 Å². The molecule has 2 atom stereocenters. The van der Waals surface area contributed by atoms with Gasteiger partial charge in [0.15, 0.2) is 6.10 Å². The quantitative estimate of drug-likeness (QED) is 0.169. The molecule has 1 heterocycles. The molecule has 5 aromatic rings. The lowest BCUT2D eigenvalue weighted by Gasteiger charge is -2.27. The lowest BCUT2D eigenvalue weighted by molar-refractivity contribution is -0.149. The van der Waals surface area contributed by atoms with Gasteiger partial charge in [0.1, 0.15) is 6.04 Å². The predicted octanol–water partition coefficient (Wildman–Crippen LogP) is 6.03. The molecule has 0 aliphatic rings. The topological polar surface area (TPSA) is 128 Å². The molecule has 2 N–H and O–H groups in total. The van der Waals surface area contributed by atoms with E-state index >= 15 is 0 Å². The Bertz CT molecular complexity index is 1950. The van der Waals surface area contributed by atoms with Gasteiger partial charge in [0, 0.05) is 29.2 Å². The van der Waals surface area contributed by atoms with Crippen LogP contribution in [0, 0.1) is 27.7 Å². The van der Waals surface area contributed by atoms with Gasteiger partial charge in [-0.1, -0.05) is 54.1 Å². The highest BCUT2D eigenvalue weighted by Gasteiger charge is 2.32. The highest BCUT2D eigenvalue weighted by Crippen LogP contribution is 2.35. The van der Waals surface area contributed by atoms with Crippen molar-refractivity contribution < 1.29 is 27.9 Å². The Morgan fingerprint density at radius 3 is 2.17 bits per heavy atom. The minimum Gasteiger partial charge on any atom is -0.478 e. The number of nitrogens with zero attached hydrogens (tertiary/aromatic N) is 2. The molecule has 0 aliphatic heterocycles. The molecule has 46 heavy (non-hydrogen) atoms. The average molecular weight is 638 g/mol. The fourth-order valence-electron chi connectivity index (χ4n) is 5.47. The number of imidazole rings is 1. The van der Waals surface area contributed by atoms with E-state index < -0.39 is 34.1 Å². The highest BCUT2D eigenvalue weighted by atomic mass is 32.2. The molecule has 0 unspecified atom stereocenters. The van der Waals surface area contributed by atoms with Crippen molar-refractivity contribution in [2.24, 2.45) is 0 Å². The van der Waals surface area contributed by atoms with Crippen molar-refractivity contribution >= 4 is 22.0 Å². The maximum atomic E-state index is 14.2. The summed E-state index contributed by atoms with van der Waals surface area (Å²) in [4.78, 5) is 30.2. The third-order valence-electron chi connectivity index (χ3n) is 7.88. The van der Waals surface area contributed by atoms with Crippen molar-refractivity contribution in [2.45, 2.75) is 51.2 Å². The van der Waals surface area contributed by atoms with E-state index in [1.807, 2.05) is 66.9 Å². The third kappa shape index (κ3) is 7.25. The number of carboxylic acid groups (broad SMARTS) is 1. The fourth-order valence-corrected chi connectivity index (χ4v) is 6.65. The molecule has 1 aromatic heterocycles. The summed E-state index contributed by atoms with van der Waals surface area (Å²) in [7, 11) is -4.11. The van der Waals surface area contributed by atoms with Crippen LogP contribution in [0.25, 0.3) is 5.69 Å². The largest absolute Gasteiger partial charge is 0.478 e. The molecule has 0 fully saturated rings. The van der Waals surface area contributed by atoms with Crippen LogP contribution in [0.4, 0.5) is 0 Å². The molecule has 5 rings (SSSR count). The van der Waals surface area contributed by atoms with Gasteiger partial charge < -0.3 is 14.4 Å². The van der Waals surface area contributed by atoms with Crippen LogP contribution in [0.1, 0.15) is 55.4 Å². The van der Waals surface area contributed by atoms with Crippen molar-refractivity contribution in [3.63, 3.8) is 0 Å². The number of sulfonamides is 1. The van der Waals surface area contributed by atoms with E-state index in [0.29, 0.717) is 22.3 Å². The number of nitrogens with one attached hydrogen (secondary N) is 1. The normalized spacial score (nSPS) is 12.8. The number of aryl methyl sites for hydroxylation is 4. The Balaban J connectivity index is 1.60. The van der Waals surface area contributed by atoms with E-state index in [1.165, 1.54) is 12.1 Å². The second-order valence-corrected chi connectivity index (χ2v) is 13.0. The first-order valence-electron chi connectivity index (χ1n) is 14.7. The Labute approximate surface area is 268 Å². The van der Waals surface area contributed by atoms with Crippen LogP contribution in [0.15, 0.2) is 109 Å². The van der Waals surface area contributed by atoms with Crippen LogP contribution >= 0.6 is 0 Å². The van der Waals surface area contributed by atoms with Crippen molar-refractivity contribution in [3.05, 3.63) is 148 Å². The number of carbonyl (C=O) groups excluding carboxylic acids is 1. The Kier molecular flexibility index (Phi) is 9.50. The number of aromatic carboxylic acids is 1. The van der Waals surface area contributed by atoms with Crippen molar-refractivity contribution in [1.82, 2.24) is 14.3 Å². The van der Waals surface area contributed by atoms with Gasteiger partial charge >= 0.3 is 11.9 Å². The lowest BCUT2D eigenvalue weighted by atomic mass is 9.89. The Hall–Kier alpha value is -5.06. The number of aromatic nitrogens is 2. The van der Waals surface area contributed by atoms with Crippen molar-refractivity contribution in [1.29, 1.82) is 0 Å². The minimum atomic E-state index is -4.11. The SMILES string of the molecule is Cc1ccc(S(=O)(=O)N[C@@H](Cc2ccccc2)C(=O)O[C@@H](c2cc(-n3ccnc3)ccc2C)c2c(C)cc(C(=O)O)cc2C)cc1. The summed E-state index contributed by atoms with van der Waals surface area (Å²) in [6.45, 7) is 7.29. The van der Waals surface area contributed by atoms with Crippen LogP contribution < -0.4 is 4.72 Å². The predicted molar refractivity (Wildman–Crippen MR) is 175 cm³/mol. The molecule has 0 saturated carbocycles. The average Bonchev–Trinajstić information content (AvgIpc) is 3.56. The maximum absolute atomic E-state index is 14.2. The first-order chi connectivity index (χ1) is 21.9. The summed E-state index contributed by atoms with van der Waals surface area (Å²) in [5, 5.41) is 9.68. The Morgan fingerprint density at radius 2 is 1.57 bits per heavy atom. The summed E-state index contributed by atoms with van der Waals surface area (Å²) >= 11 is 0. The van der Waals surface area contributed by atoms with Gasteiger partial charge in [0.2, 0.25) is 10.0 Å². The van der Waals surface area contributed by atoms with E-state index in [4.69, 9.17) is 4.74 Å². The molecule has 10 heteroatoms. The van der Waals surface area contributed by atoms with Gasteiger partial charge in [-0.05, 0) is 92.8 Å². The monoisotopic (exact) mass is 637 g/mol. The lowest BCUT2D eigenvalue weighted by Crippen LogP contribution is -2.43. The summed E-state index contributed by atoms with van der Waals surface area (Å²) in [5.74, 6) is -1.85. The first kappa shape index (κ1) is 32.3. The van der Waals surface area contributed by atoms with Gasteiger partial charge in [0.05, 0.1) is 16.8 Å². The molecule has 0 saturated heterocycles. The van der Waals surface area contributed by atoms with Crippen LogP contribution in [-0.2, 0) is 26.0 Å². The van der Waals surface area contributed by atoms with E-state index in [1.54, 1.807) is 56.8 Å². The van der Waals surface area contributed by atoms with E-state index in [-0.39, 0.29) is 16.9 Å². The standard InChI is InChI=1S/C36H35N3O6S/c1-23-10-14-30(15-11-23)46(43,44)38-32(20-27-8-6-5-7-9-27)36(42)45-34(33-25(3)18-28(35(40)41)19-26(33)4)31-21-29(13-12-24(31)2)39-17-16-37-22-39/h5-19,21-22,32,34,38H,20H2,1-4H3,(H,40,41)/t32-,34-/m0/s1. The zero-order valence-corrected chi connectivity index (χ0v) is 26.8. The van der Waals surface area contributed by atoms with Crippen LogP contribution in [0.3, 0.4) is 0 Å². The third-order valence-corrected chi connectivity index (χ3v) is 9.37. The number of ether oxygens (including phenoxy) is 1. The zero-order chi connectivity index (χ0) is 33.0. The number of benzene rings is 4. The number of carbonyl (C=O) groups is 2. The minimum absolute atomic E-state index is 0.0281. The zero-order valence-electron chi connectivity index (χ0n) is 26.0. The molecular weight excluding hydrogens is 602 g/mol. The van der Waals surface area contributed by atoms with Crippen LogP contribution in [-0.4, -0.2) is 41.1 Å². The molecule has 0 spiro atoms. The van der Waals surface area contributed by atoms with Crippen molar-refractivity contribution in [3.8, 4) is 5.69 Å². The smallest absolute Gasteiger partial charge is 0.335 e. The number of esters is 1. The summed E-state index contributed by atoms with van der Waals surface area (Å²) in [5.41, 5.74) is 5.85. The molecule has 0 radical (unpaired) electrons. The van der Waals surface area contributed by atoms with E-state index in [0.717, 1.165) is 22.4 Å². The molecule has 4 aromatic carbocycles. The Morgan fingerprint density at radius 1 is 0.891 bits per heavy atom. The van der Waals surface area contributed by atoms with Gasteiger partial charge in [-0.15, -0.1) is 0 Å². The van der Waals surface area contributed by atoms with Gasteiger partial charge in [-0.25, -0.2) is 18.2 Å². The number of carboxylic acids is 1. The fraction of sp³-hybridized carbons (Fsp3) is 0.194. The summed E-state index contributed by atoms with van der Waals surface area (Å²) < 4.78 is 37.8. The highest BCUT2D eigenvalue weighted by molar-refractivity contribution is 7.89. The molecule has 9 nitrogen and oxygen atoms in total. The van der Waals surface area contributed by atoms with E-state index in [2.05, 4.69) is 9.71 Å². The molecule has 236 valence electrons. The molecule has 0 aliphatic carbocycles. The summed E-state index contributed by atoms with van der Waals surface area (Å²) in [6, 6.07) is 23.0. The molecule has 0 bridgehead atoms. The van der Waals surface area contributed by atoms with Crippen LogP contribution in [0.5, 0.6) is 0 Å². The number of hydrogen-bond acceptors (Lipinski definition) is 6. The van der Waals surface area contributed by atoms with Crippen LogP contribution in [0.2, 0.25) is 0 Å². The molecular formula is C36H35N3O6S. The maximum Gasteiger partial charge on any atom is 0.335 e. The number of hydrogen-bond donors (Lipinski definition) is 2. The summed E-state index contributed by atoms with van der Waals surface area (Å²) in [6.07, 6.45) is 4.17. The van der Waals surface area contributed by atoms with Crippen molar-refractivity contribution in [2.75, 3.05) is 0 Å². The van der Waals surface area contributed by atoms with Gasteiger partial charge in [-0.2, -0.15) is 4.72 Å². The first-order valence-corrected chi connectivity index (χ1v) is 16.2.